The van der Waals surface area contributed by atoms with Crippen LogP contribution in [-0.2, 0) is 19.4 Å². The van der Waals surface area contributed by atoms with Gasteiger partial charge in [0, 0.05) is 31.7 Å². The number of fused-ring (bicyclic) bond motifs is 1. The highest BCUT2D eigenvalue weighted by Crippen LogP contribution is 2.37. The molecule has 0 aliphatic carbocycles. The Hall–Kier alpha value is -1.90. The van der Waals surface area contributed by atoms with E-state index in [0.717, 1.165) is 19.6 Å². The summed E-state index contributed by atoms with van der Waals surface area (Å²) >= 11 is 0. The van der Waals surface area contributed by atoms with Crippen molar-refractivity contribution >= 4 is 21.4 Å². The van der Waals surface area contributed by atoms with Gasteiger partial charge in [-0.2, -0.15) is 0 Å². The Kier molecular flexibility index (Phi) is 4.38. The highest BCUT2D eigenvalue weighted by Gasteiger charge is 2.38. The van der Waals surface area contributed by atoms with Gasteiger partial charge in [-0.15, -0.1) is 0 Å². The molecule has 3 rings (SSSR count). The van der Waals surface area contributed by atoms with E-state index in [-0.39, 0.29) is 9.80 Å². The predicted octanol–water partition coefficient (Wildman–Crippen LogP) is -0.450. The molecule has 1 fully saturated rings. The van der Waals surface area contributed by atoms with Crippen molar-refractivity contribution in [2.45, 2.75) is 4.90 Å². The van der Waals surface area contributed by atoms with E-state index in [0.29, 0.717) is 31.0 Å². The van der Waals surface area contributed by atoms with Crippen LogP contribution in [-0.4, -0.2) is 58.6 Å². The van der Waals surface area contributed by atoms with Crippen molar-refractivity contribution in [3.8, 4) is 0 Å². The first-order chi connectivity index (χ1) is 11.0. The number of carbonyl (C=O) groups excluding carboxylic acids is 1. The number of morpholine rings is 1. The molecule has 23 heavy (non-hydrogen) atoms. The van der Waals surface area contributed by atoms with Crippen LogP contribution in [0.2, 0.25) is 0 Å². The Morgan fingerprint density at radius 3 is 2.65 bits per heavy atom. The summed E-state index contributed by atoms with van der Waals surface area (Å²) in [6.45, 7) is 4.35. The zero-order chi connectivity index (χ0) is 16.4. The van der Waals surface area contributed by atoms with Gasteiger partial charge < -0.3 is 15.8 Å². The van der Waals surface area contributed by atoms with Crippen LogP contribution >= 0.6 is 0 Å². The Morgan fingerprint density at radius 2 is 1.96 bits per heavy atom. The van der Waals surface area contributed by atoms with E-state index in [1.54, 1.807) is 18.2 Å². The van der Waals surface area contributed by atoms with Crippen LogP contribution in [0.1, 0.15) is 5.56 Å². The molecule has 1 aromatic rings. The summed E-state index contributed by atoms with van der Waals surface area (Å²) in [6, 6.07) is 6.54. The van der Waals surface area contributed by atoms with Crippen LogP contribution in [0.3, 0.4) is 0 Å². The third kappa shape index (κ3) is 2.97. The van der Waals surface area contributed by atoms with Crippen molar-refractivity contribution in [3.05, 3.63) is 34.7 Å². The quantitative estimate of drug-likeness (QED) is 0.755. The van der Waals surface area contributed by atoms with E-state index in [2.05, 4.69) is 10.2 Å². The molecule has 0 aromatic heterocycles. The summed E-state index contributed by atoms with van der Waals surface area (Å²) in [5.74, 6) is -0.935. The van der Waals surface area contributed by atoms with E-state index in [1.807, 2.05) is 0 Å². The third-order valence-electron chi connectivity index (χ3n) is 4.00. The molecule has 0 unspecified atom stereocenters. The molecule has 8 heteroatoms. The number of ether oxygens (including phenoxy) is 1. The number of carbonyl (C=O) groups is 1. The van der Waals surface area contributed by atoms with Crippen molar-refractivity contribution in [2.24, 2.45) is 5.73 Å². The minimum absolute atomic E-state index is 0.127. The lowest BCUT2D eigenvalue weighted by Crippen LogP contribution is -2.40. The van der Waals surface area contributed by atoms with Crippen molar-refractivity contribution in [3.63, 3.8) is 0 Å². The molecule has 0 atom stereocenters. The van der Waals surface area contributed by atoms with Gasteiger partial charge in [0.1, 0.15) is 0 Å². The average molecular weight is 337 g/mol. The monoisotopic (exact) mass is 337 g/mol. The summed E-state index contributed by atoms with van der Waals surface area (Å²) in [7, 11) is -3.84. The summed E-state index contributed by atoms with van der Waals surface area (Å²) in [5, 5.41) is 3.09. The van der Waals surface area contributed by atoms with Gasteiger partial charge in [-0.05, 0) is 6.07 Å². The Bertz CT molecular complexity index is 752. The fraction of sp³-hybridized carbons (Fsp3) is 0.400. The zero-order valence-electron chi connectivity index (χ0n) is 12.6. The standard InChI is InChI=1S/C15H19N3O4S/c16-15(19)14-13(17-5-6-18-7-9-22-10-8-18)11-3-1-2-4-12(11)23(14,20)21/h1-4,17H,5-10H2,(H2,16,19). The van der Waals surface area contributed by atoms with Crippen molar-refractivity contribution in [1.29, 1.82) is 0 Å². The van der Waals surface area contributed by atoms with Crippen LogP contribution in [0.4, 0.5) is 0 Å². The van der Waals surface area contributed by atoms with E-state index in [9.17, 15) is 13.2 Å². The molecule has 1 saturated heterocycles. The number of amides is 1. The largest absolute Gasteiger partial charge is 0.382 e. The van der Waals surface area contributed by atoms with Crippen molar-refractivity contribution in [1.82, 2.24) is 10.2 Å². The zero-order valence-corrected chi connectivity index (χ0v) is 13.4. The fourth-order valence-corrected chi connectivity index (χ4v) is 4.52. The molecule has 7 nitrogen and oxygen atoms in total. The molecule has 1 amide bonds. The molecule has 1 aromatic carbocycles. The highest BCUT2D eigenvalue weighted by atomic mass is 32.2. The van der Waals surface area contributed by atoms with Gasteiger partial charge in [0.05, 0.1) is 23.8 Å². The Balaban J connectivity index is 1.82. The summed E-state index contributed by atoms with van der Waals surface area (Å²) in [6.07, 6.45) is 0. The van der Waals surface area contributed by atoms with Gasteiger partial charge in [0.15, 0.2) is 4.91 Å². The minimum Gasteiger partial charge on any atom is -0.382 e. The van der Waals surface area contributed by atoms with Gasteiger partial charge in [-0.25, -0.2) is 8.42 Å². The van der Waals surface area contributed by atoms with Gasteiger partial charge in [0.2, 0.25) is 9.84 Å². The van der Waals surface area contributed by atoms with Crippen molar-refractivity contribution < 1.29 is 17.9 Å². The lowest BCUT2D eigenvalue weighted by atomic mass is 10.1. The molecule has 0 saturated carbocycles. The lowest BCUT2D eigenvalue weighted by molar-refractivity contribution is -0.113. The molecule has 0 spiro atoms. The van der Waals surface area contributed by atoms with Gasteiger partial charge in [-0.1, -0.05) is 18.2 Å². The number of primary amides is 1. The predicted molar refractivity (Wildman–Crippen MR) is 85.0 cm³/mol. The highest BCUT2D eigenvalue weighted by molar-refractivity contribution is 7.97. The van der Waals surface area contributed by atoms with Crippen LogP contribution < -0.4 is 11.1 Å². The molecule has 2 aliphatic rings. The summed E-state index contributed by atoms with van der Waals surface area (Å²) in [4.78, 5) is 13.7. The molecule has 0 radical (unpaired) electrons. The maximum absolute atomic E-state index is 12.5. The second-order valence-electron chi connectivity index (χ2n) is 5.45. The number of nitrogens with two attached hydrogens (primary N) is 1. The first-order valence-electron chi connectivity index (χ1n) is 7.44. The van der Waals surface area contributed by atoms with E-state index < -0.39 is 15.7 Å². The fourth-order valence-electron chi connectivity index (χ4n) is 2.87. The van der Waals surface area contributed by atoms with Gasteiger partial charge in [-0.3, -0.25) is 9.69 Å². The number of benzene rings is 1. The number of hydrogen-bond donors (Lipinski definition) is 2. The van der Waals surface area contributed by atoms with Crippen molar-refractivity contribution in [2.75, 3.05) is 39.4 Å². The maximum atomic E-state index is 12.5. The summed E-state index contributed by atoms with van der Waals surface area (Å²) < 4.78 is 30.2. The first kappa shape index (κ1) is 16.0. The number of hydrogen-bond acceptors (Lipinski definition) is 6. The molecular weight excluding hydrogens is 318 g/mol. The second-order valence-corrected chi connectivity index (χ2v) is 7.30. The molecular formula is C15H19N3O4S. The normalized spacial score (nSPS) is 20.3. The third-order valence-corrected chi connectivity index (χ3v) is 5.88. The van der Waals surface area contributed by atoms with Gasteiger partial charge in [0.25, 0.3) is 5.91 Å². The smallest absolute Gasteiger partial charge is 0.262 e. The molecule has 2 aliphatic heterocycles. The first-order valence-corrected chi connectivity index (χ1v) is 8.92. The molecule has 124 valence electrons. The lowest BCUT2D eigenvalue weighted by Gasteiger charge is -2.26. The minimum atomic E-state index is -3.84. The van der Waals surface area contributed by atoms with Crippen LogP contribution in [0.5, 0.6) is 0 Å². The SMILES string of the molecule is NC(=O)C1=C(NCCN2CCOCC2)c2ccccc2S1(=O)=O. The molecule has 0 bridgehead atoms. The Morgan fingerprint density at radius 1 is 1.26 bits per heavy atom. The second kappa shape index (κ2) is 6.31. The number of nitrogens with one attached hydrogen (secondary N) is 1. The number of nitrogens with zero attached hydrogens (tertiary/aromatic N) is 1. The summed E-state index contributed by atoms with van der Waals surface area (Å²) in [5.41, 5.74) is 6.12. The van der Waals surface area contributed by atoms with E-state index >= 15 is 0 Å². The number of sulfone groups is 1. The van der Waals surface area contributed by atoms with E-state index in [1.165, 1.54) is 6.07 Å². The number of rotatable bonds is 5. The average Bonchev–Trinajstić information content (AvgIpc) is 2.76. The Labute approximate surface area is 135 Å². The maximum Gasteiger partial charge on any atom is 0.262 e. The van der Waals surface area contributed by atoms with Crippen LogP contribution in [0.25, 0.3) is 5.70 Å². The van der Waals surface area contributed by atoms with Crippen LogP contribution in [0, 0.1) is 0 Å². The molecule has 2 heterocycles. The van der Waals surface area contributed by atoms with E-state index in [4.69, 9.17) is 10.5 Å². The van der Waals surface area contributed by atoms with Gasteiger partial charge >= 0.3 is 0 Å². The van der Waals surface area contributed by atoms with Crippen LogP contribution in [0.15, 0.2) is 34.1 Å². The topological polar surface area (TPSA) is 102 Å². The molecule has 3 N–H and O–H groups in total.